The maximum absolute atomic E-state index is 10.9. The Morgan fingerprint density at radius 2 is 1.94 bits per heavy atom. The number of hydrogen-bond acceptors (Lipinski definition) is 3. The zero-order chi connectivity index (χ0) is 13.6. The summed E-state index contributed by atoms with van der Waals surface area (Å²) in [5.41, 5.74) is 0.340. The van der Waals surface area contributed by atoms with Crippen LogP contribution in [0.4, 0.5) is 0 Å². The molecular formula is C15H22O3. The second-order valence-electron chi connectivity index (χ2n) is 4.99. The van der Waals surface area contributed by atoms with E-state index in [1.54, 1.807) is 13.8 Å². The van der Waals surface area contributed by atoms with E-state index < -0.39 is 5.60 Å². The number of carbonyl (C=O) groups is 1. The number of ketones is 1. The standard InChI is InChI=1S/C15H22O3/c1-4-15(3,17)11-18-14-9-7-13(8-10-14)6-5-12(2)16/h7-10,17H,4-6,11H2,1-3H3. The summed E-state index contributed by atoms with van der Waals surface area (Å²) in [4.78, 5) is 10.9. The molecule has 0 aliphatic carbocycles. The summed E-state index contributed by atoms with van der Waals surface area (Å²) in [6.07, 6.45) is 2.00. The smallest absolute Gasteiger partial charge is 0.130 e. The zero-order valence-corrected chi connectivity index (χ0v) is 11.4. The fourth-order valence-corrected chi connectivity index (χ4v) is 1.41. The lowest BCUT2D eigenvalue weighted by Crippen LogP contribution is -2.31. The molecule has 0 radical (unpaired) electrons. The second kappa shape index (κ2) is 6.55. The predicted molar refractivity (Wildman–Crippen MR) is 71.9 cm³/mol. The summed E-state index contributed by atoms with van der Waals surface area (Å²) >= 11 is 0. The molecule has 0 aliphatic heterocycles. The Morgan fingerprint density at radius 1 is 1.33 bits per heavy atom. The summed E-state index contributed by atoms with van der Waals surface area (Å²) in [6, 6.07) is 7.67. The van der Waals surface area contributed by atoms with E-state index in [0.29, 0.717) is 12.8 Å². The van der Waals surface area contributed by atoms with Gasteiger partial charge in [-0.25, -0.2) is 0 Å². The van der Waals surface area contributed by atoms with Crippen LogP contribution in [0.2, 0.25) is 0 Å². The highest BCUT2D eigenvalue weighted by Crippen LogP contribution is 2.16. The first-order valence-corrected chi connectivity index (χ1v) is 6.36. The van der Waals surface area contributed by atoms with Gasteiger partial charge in [-0.1, -0.05) is 19.1 Å². The van der Waals surface area contributed by atoms with Gasteiger partial charge in [0.15, 0.2) is 0 Å². The largest absolute Gasteiger partial charge is 0.491 e. The lowest BCUT2D eigenvalue weighted by molar-refractivity contribution is -0.116. The minimum absolute atomic E-state index is 0.203. The van der Waals surface area contributed by atoms with Gasteiger partial charge >= 0.3 is 0 Å². The summed E-state index contributed by atoms with van der Waals surface area (Å²) < 4.78 is 5.53. The zero-order valence-electron chi connectivity index (χ0n) is 11.4. The van der Waals surface area contributed by atoms with Gasteiger partial charge < -0.3 is 14.6 Å². The van der Waals surface area contributed by atoms with Crippen LogP contribution >= 0.6 is 0 Å². The first-order valence-electron chi connectivity index (χ1n) is 6.36. The number of benzene rings is 1. The lowest BCUT2D eigenvalue weighted by atomic mass is 10.1. The monoisotopic (exact) mass is 250 g/mol. The molecule has 3 nitrogen and oxygen atoms in total. The number of aliphatic hydroxyl groups is 1. The van der Waals surface area contributed by atoms with Gasteiger partial charge in [0, 0.05) is 6.42 Å². The van der Waals surface area contributed by atoms with E-state index in [1.165, 1.54) is 0 Å². The van der Waals surface area contributed by atoms with Gasteiger partial charge in [-0.15, -0.1) is 0 Å². The molecule has 100 valence electrons. The third-order valence-corrected chi connectivity index (χ3v) is 3.00. The maximum Gasteiger partial charge on any atom is 0.130 e. The highest BCUT2D eigenvalue weighted by molar-refractivity contribution is 5.75. The van der Waals surface area contributed by atoms with E-state index in [9.17, 15) is 9.90 Å². The van der Waals surface area contributed by atoms with Crippen molar-refractivity contribution in [2.75, 3.05) is 6.61 Å². The first-order chi connectivity index (χ1) is 8.43. The summed E-state index contributed by atoms with van der Waals surface area (Å²) in [6.45, 7) is 5.57. The summed E-state index contributed by atoms with van der Waals surface area (Å²) in [5.74, 6) is 0.949. The Labute approximate surface area is 109 Å². The number of aryl methyl sites for hydroxylation is 1. The van der Waals surface area contributed by atoms with Gasteiger partial charge in [0.2, 0.25) is 0 Å². The average Bonchev–Trinajstić information content (AvgIpc) is 2.35. The topological polar surface area (TPSA) is 46.5 Å². The van der Waals surface area contributed by atoms with E-state index in [0.717, 1.165) is 17.7 Å². The van der Waals surface area contributed by atoms with Crippen LogP contribution in [0.25, 0.3) is 0 Å². The molecule has 0 fully saturated rings. The molecule has 1 atom stereocenters. The van der Waals surface area contributed by atoms with Crippen molar-refractivity contribution in [3.05, 3.63) is 29.8 Å². The summed E-state index contributed by atoms with van der Waals surface area (Å²) in [7, 11) is 0. The Hall–Kier alpha value is -1.35. The highest BCUT2D eigenvalue weighted by atomic mass is 16.5. The molecule has 0 aliphatic rings. The number of rotatable bonds is 7. The molecule has 1 unspecified atom stereocenters. The number of Topliss-reactive ketones (excluding diaryl/α,β-unsaturated/α-hetero) is 1. The van der Waals surface area contributed by atoms with Crippen LogP contribution in [0.15, 0.2) is 24.3 Å². The van der Waals surface area contributed by atoms with E-state index >= 15 is 0 Å². The van der Waals surface area contributed by atoms with E-state index in [1.807, 2.05) is 31.2 Å². The number of ether oxygens (including phenoxy) is 1. The van der Waals surface area contributed by atoms with Crippen molar-refractivity contribution < 1.29 is 14.6 Å². The number of hydrogen-bond donors (Lipinski definition) is 1. The molecule has 1 rings (SSSR count). The van der Waals surface area contributed by atoms with Crippen LogP contribution < -0.4 is 4.74 Å². The van der Waals surface area contributed by atoms with Crippen molar-refractivity contribution in [2.45, 2.75) is 45.6 Å². The quantitative estimate of drug-likeness (QED) is 0.809. The van der Waals surface area contributed by atoms with Crippen LogP contribution in [0.3, 0.4) is 0 Å². The van der Waals surface area contributed by atoms with Crippen LogP contribution in [0.5, 0.6) is 5.75 Å². The third-order valence-electron chi connectivity index (χ3n) is 3.00. The molecule has 0 aromatic heterocycles. The average molecular weight is 250 g/mol. The lowest BCUT2D eigenvalue weighted by Gasteiger charge is -2.21. The second-order valence-corrected chi connectivity index (χ2v) is 4.99. The molecule has 1 aromatic carbocycles. The van der Waals surface area contributed by atoms with Crippen LogP contribution in [0, 0.1) is 0 Å². The fourth-order valence-electron chi connectivity index (χ4n) is 1.41. The highest BCUT2D eigenvalue weighted by Gasteiger charge is 2.18. The van der Waals surface area contributed by atoms with Crippen molar-refractivity contribution >= 4 is 5.78 Å². The molecule has 1 aromatic rings. The molecule has 3 heteroatoms. The SMILES string of the molecule is CCC(C)(O)COc1ccc(CCC(C)=O)cc1. The van der Waals surface area contributed by atoms with Crippen LogP contribution in [0.1, 0.15) is 39.2 Å². The Bertz CT molecular complexity index is 379. The molecule has 0 amide bonds. The van der Waals surface area contributed by atoms with Crippen LogP contribution in [-0.2, 0) is 11.2 Å². The number of carbonyl (C=O) groups excluding carboxylic acids is 1. The van der Waals surface area contributed by atoms with Gasteiger partial charge in [-0.2, -0.15) is 0 Å². The Morgan fingerprint density at radius 3 is 2.44 bits per heavy atom. The molecule has 1 N–H and O–H groups in total. The van der Waals surface area contributed by atoms with Gasteiger partial charge in [0.25, 0.3) is 0 Å². The molecule has 0 spiro atoms. The van der Waals surface area contributed by atoms with E-state index in [-0.39, 0.29) is 12.4 Å². The van der Waals surface area contributed by atoms with Crippen molar-refractivity contribution in [3.63, 3.8) is 0 Å². The fraction of sp³-hybridized carbons (Fsp3) is 0.533. The molecule has 0 saturated carbocycles. The normalized spacial score (nSPS) is 14.0. The third kappa shape index (κ3) is 5.32. The van der Waals surface area contributed by atoms with Crippen molar-refractivity contribution in [3.8, 4) is 5.75 Å². The van der Waals surface area contributed by atoms with Crippen LogP contribution in [-0.4, -0.2) is 23.1 Å². The van der Waals surface area contributed by atoms with Crippen molar-refractivity contribution in [1.82, 2.24) is 0 Å². The van der Waals surface area contributed by atoms with Gasteiger partial charge in [0.1, 0.15) is 18.1 Å². The van der Waals surface area contributed by atoms with Gasteiger partial charge in [-0.3, -0.25) is 0 Å². The van der Waals surface area contributed by atoms with Gasteiger partial charge in [-0.05, 0) is 44.4 Å². The predicted octanol–water partition coefficient (Wildman–Crippen LogP) is 2.75. The molecule has 0 heterocycles. The van der Waals surface area contributed by atoms with Crippen molar-refractivity contribution in [2.24, 2.45) is 0 Å². The molecule has 18 heavy (non-hydrogen) atoms. The van der Waals surface area contributed by atoms with E-state index in [2.05, 4.69) is 0 Å². The van der Waals surface area contributed by atoms with E-state index in [4.69, 9.17) is 4.74 Å². The Balaban J connectivity index is 2.47. The molecular weight excluding hydrogens is 228 g/mol. The van der Waals surface area contributed by atoms with Gasteiger partial charge in [0.05, 0.1) is 5.60 Å². The van der Waals surface area contributed by atoms with Crippen molar-refractivity contribution in [1.29, 1.82) is 0 Å². The minimum atomic E-state index is -0.784. The molecule has 0 bridgehead atoms. The maximum atomic E-state index is 10.9. The first kappa shape index (κ1) is 14.7. The minimum Gasteiger partial charge on any atom is -0.491 e. The molecule has 0 saturated heterocycles. The summed E-state index contributed by atoms with van der Waals surface area (Å²) in [5, 5.41) is 9.82. The Kier molecular flexibility index (Phi) is 5.35.